The molecule has 0 saturated carbocycles. The van der Waals surface area contributed by atoms with Crippen LogP contribution in [0.2, 0.25) is 0 Å². The maximum Gasteiger partial charge on any atom is 0.231 e. The first-order chi connectivity index (χ1) is 13.5. The molecule has 5 nitrogen and oxygen atoms in total. The van der Waals surface area contributed by atoms with Crippen molar-refractivity contribution in [3.05, 3.63) is 53.6 Å². The van der Waals surface area contributed by atoms with Gasteiger partial charge in [-0.05, 0) is 50.5 Å². The number of carbonyl (C=O) groups is 2. The van der Waals surface area contributed by atoms with Crippen molar-refractivity contribution in [1.82, 2.24) is 0 Å². The fourth-order valence-electron chi connectivity index (χ4n) is 3.64. The Kier molecular flexibility index (Phi) is 6.34. The highest BCUT2D eigenvalue weighted by Gasteiger charge is 2.30. The van der Waals surface area contributed by atoms with E-state index in [0.717, 1.165) is 41.9 Å². The van der Waals surface area contributed by atoms with Gasteiger partial charge in [-0.25, -0.2) is 0 Å². The Hall–Kier alpha value is -2.82. The summed E-state index contributed by atoms with van der Waals surface area (Å²) in [5, 5.41) is 0. The first kappa shape index (κ1) is 19.9. The van der Waals surface area contributed by atoms with Crippen molar-refractivity contribution in [2.45, 2.75) is 33.6 Å². The lowest BCUT2D eigenvalue weighted by molar-refractivity contribution is -0.121. The topological polar surface area (TPSA) is 49.9 Å². The molecule has 1 aliphatic rings. The fraction of sp³-hybridized carbons (Fsp3) is 0.391. The molecule has 0 radical (unpaired) electrons. The third-order valence-corrected chi connectivity index (χ3v) is 5.13. The molecule has 1 atom stereocenters. The van der Waals surface area contributed by atoms with E-state index in [1.165, 1.54) is 5.56 Å². The Balaban J connectivity index is 1.62. The van der Waals surface area contributed by atoms with Crippen LogP contribution in [0.3, 0.4) is 0 Å². The molecule has 1 unspecified atom stereocenters. The first-order valence-corrected chi connectivity index (χ1v) is 9.83. The van der Waals surface area contributed by atoms with Crippen LogP contribution in [0.5, 0.6) is 5.75 Å². The monoisotopic (exact) mass is 380 g/mol. The van der Waals surface area contributed by atoms with Crippen molar-refractivity contribution in [1.29, 1.82) is 0 Å². The number of hydrogen-bond donors (Lipinski definition) is 0. The minimum absolute atomic E-state index is 0.0621. The Morgan fingerprint density at radius 3 is 2.57 bits per heavy atom. The largest absolute Gasteiger partial charge is 0.493 e. The van der Waals surface area contributed by atoms with Crippen LogP contribution >= 0.6 is 0 Å². The molecule has 0 bridgehead atoms. The number of amides is 2. The van der Waals surface area contributed by atoms with Crippen LogP contribution in [0.1, 0.15) is 30.9 Å². The van der Waals surface area contributed by atoms with Gasteiger partial charge in [-0.15, -0.1) is 0 Å². The predicted octanol–water partition coefficient (Wildman–Crippen LogP) is 4.11. The highest BCUT2D eigenvalue weighted by atomic mass is 16.5. The van der Waals surface area contributed by atoms with E-state index in [4.69, 9.17) is 4.74 Å². The van der Waals surface area contributed by atoms with Crippen molar-refractivity contribution in [3.63, 3.8) is 0 Å². The predicted molar refractivity (Wildman–Crippen MR) is 112 cm³/mol. The summed E-state index contributed by atoms with van der Waals surface area (Å²) in [7, 11) is 0. The summed E-state index contributed by atoms with van der Waals surface area (Å²) in [6, 6.07) is 13.8. The molecule has 1 aliphatic heterocycles. The number of benzene rings is 2. The summed E-state index contributed by atoms with van der Waals surface area (Å²) >= 11 is 0. The van der Waals surface area contributed by atoms with Crippen LogP contribution in [0, 0.1) is 19.8 Å². The number of fused-ring (bicyclic) bond motifs is 1. The van der Waals surface area contributed by atoms with Crippen molar-refractivity contribution in [2.24, 2.45) is 5.92 Å². The zero-order chi connectivity index (χ0) is 20.1. The van der Waals surface area contributed by atoms with E-state index in [9.17, 15) is 9.59 Å². The van der Waals surface area contributed by atoms with Crippen LogP contribution in [-0.2, 0) is 9.59 Å². The van der Waals surface area contributed by atoms with Crippen LogP contribution in [-0.4, -0.2) is 32.0 Å². The maximum atomic E-state index is 12.9. The van der Waals surface area contributed by atoms with Crippen LogP contribution in [0.4, 0.5) is 11.4 Å². The lowest BCUT2D eigenvalue weighted by atomic mass is 10.1. The van der Waals surface area contributed by atoms with Gasteiger partial charge in [0.25, 0.3) is 0 Å². The molecule has 0 spiro atoms. The van der Waals surface area contributed by atoms with Crippen molar-refractivity contribution in [3.8, 4) is 5.75 Å². The number of ether oxygens (including phenoxy) is 1. The highest BCUT2D eigenvalue weighted by molar-refractivity contribution is 6.02. The van der Waals surface area contributed by atoms with Gasteiger partial charge < -0.3 is 14.5 Å². The quantitative estimate of drug-likeness (QED) is 0.537. The standard InChI is InChI=1S/C23H28N2O3/c1-17-10-11-22(18(2)14-17)28-13-7-6-12-25-21-9-5-4-8-20(21)24(16-26)15-19(3)23(25)27/h4-5,8-11,14,16,19H,6-7,12-13,15H2,1-3H3. The number of anilines is 2. The normalized spacial score (nSPS) is 16.5. The second-order valence-corrected chi connectivity index (χ2v) is 7.46. The summed E-state index contributed by atoms with van der Waals surface area (Å²) < 4.78 is 5.90. The molecule has 2 amide bonds. The SMILES string of the molecule is Cc1ccc(OCCCCN2C(=O)C(C)CN(C=O)c3ccccc32)c(C)c1. The van der Waals surface area contributed by atoms with Gasteiger partial charge in [-0.2, -0.15) is 0 Å². The molecule has 5 heteroatoms. The number of hydrogen-bond acceptors (Lipinski definition) is 3. The van der Waals surface area contributed by atoms with Crippen LogP contribution in [0.15, 0.2) is 42.5 Å². The summed E-state index contributed by atoms with van der Waals surface area (Å²) in [5.74, 6) is 0.744. The molecule has 0 aromatic heterocycles. The average molecular weight is 380 g/mol. The van der Waals surface area contributed by atoms with E-state index in [2.05, 4.69) is 26.0 Å². The van der Waals surface area contributed by atoms with Crippen molar-refractivity contribution < 1.29 is 14.3 Å². The molecular formula is C23H28N2O3. The summed E-state index contributed by atoms with van der Waals surface area (Å²) in [6.45, 7) is 7.63. The second-order valence-electron chi connectivity index (χ2n) is 7.46. The first-order valence-electron chi connectivity index (χ1n) is 9.83. The Labute approximate surface area is 166 Å². The molecule has 0 saturated heterocycles. The highest BCUT2D eigenvalue weighted by Crippen LogP contribution is 2.33. The van der Waals surface area contributed by atoms with Crippen LogP contribution < -0.4 is 14.5 Å². The van der Waals surface area contributed by atoms with Crippen molar-refractivity contribution in [2.75, 3.05) is 29.5 Å². The van der Waals surface area contributed by atoms with E-state index in [1.807, 2.05) is 42.2 Å². The van der Waals surface area contributed by atoms with Crippen molar-refractivity contribution >= 4 is 23.7 Å². The summed E-state index contributed by atoms with van der Waals surface area (Å²) in [4.78, 5) is 27.8. The van der Waals surface area contributed by atoms with E-state index in [1.54, 1.807) is 4.90 Å². The molecule has 0 aliphatic carbocycles. The molecule has 3 rings (SSSR count). The van der Waals surface area contributed by atoms with E-state index in [0.29, 0.717) is 19.7 Å². The van der Waals surface area contributed by atoms with E-state index < -0.39 is 0 Å². The van der Waals surface area contributed by atoms with E-state index >= 15 is 0 Å². The third-order valence-electron chi connectivity index (χ3n) is 5.13. The number of unbranched alkanes of at least 4 members (excludes halogenated alkanes) is 1. The lowest BCUT2D eigenvalue weighted by Gasteiger charge is -2.24. The Morgan fingerprint density at radius 1 is 1.11 bits per heavy atom. The van der Waals surface area contributed by atoms with Gasteiger partial charge >= 0.3 is 0 Å². The fourth-order valence-corrected chi connectivity index (χ4v) is 3.64. The lowest BCUT2D eigenvalue weighted by Crippen LogP contribution is -2.37. The van der Waals surface area contributed by atoms with Gasteiger partial charge in [0, 0.05) is 13.1 Å². The van der Waals surface area contributed by atoms with Crippen LogP contribution in [0.25, 0.3) is 0 Å². The number of rotatable bonds is 7. The average Bonchev–Trinajstić information content (AvgIpc) is 2.79. The Morgan fingerprint density at radius 2 is 1.86 bits per heavy atom. The summed E-state index contributed by atoms with van der Waals surface area (Å²) in [6.07, 6.45) is 2.49. The van der Waals surface area contributed by atoms with Gasteiger partial charge in [0.15, 0.2) is 0 Å². The second kappa shape index (κ2) is 8.91. The molecular weight excluding hydrogens is 352 g/mol. The molecule has 148 valence electrons. The van der Waals surface area contributed by atoms with Gasteiger partial charge in [-0.3, -0.25) is 9.59 Å². The minimum Gasteiger partial charge on any atom is -0.493 e. The molecule has 0 fully saturated rings. The maximum absolute atomic E-state index is 12.9. The summed E-state index contributed by atoms with van der Waals surface area (Å²) in [5.41, 5.74) is 3.96. The Bertz CT molecular complexity index is 849. The number of aryl methyl sites for hydroxylation is 2. The van der Waals surface area contributed by atoms with Gasteiger partial charge in [-0.1, -0.05) is 36.8 Å². The molecule has 2 aromatic rings. The van der Waals surface area contributed by atoms with Gasteiger partial charge in [0.05, 0.1) is 23.9 Å². The number of para-hydroxylation sites is 2. The minimum atomic E-state index is -0.232. The smallest absolute Gasteiger partial charge is 0.231 e. The number of nitrogens with zero attached hydrogens (tertiary/aromatic N) is 2. The third kappa shape index (κ3) is 4.35. The zero-order valence-electron chi connectivity index (χ0n) is 16.9. The van der Waals surface area contributed by atoms with Gasteiger partial charge in [0.2, 0.25) is 12.3 Å². The zero-order valence-corrected chi connectivity index (χ0v) is 16.9. The molecule has 1 heterocycles. The molecule has 0 N–H and O–H groups in total. The number of carbonyl (C=O) groups excluding carboxylic acids is 2. The van der Waals surface area contributed by atoms with E-state index in [-0.39, 0.29) is 11.8 Å². The molecule has 28 heavy (non-hydrogen) atoms. The molecule has 2 aromatic carbocycles. The van der Waals surface area contributed by atoms with Gasteiger partial charge in [0.1, 0.15) is 5.75 Å².